The largest absolute Gasteiger partial charge is 0.361 e. The molecule has 1 aromatic carbocycles. The highest BCUT2D eigenvalue weighted by Gasteiger charge is 2.07. The van der Waals surface area contributed by atoms with E-state index in [0.717, 1.165) is 6.54 Å². The summed E-state index contributed by atoms with van der Waals surface area (Å²) in [6.07, 6.45) is 2.00. The lowest BCUT2D eigenvalue weighted by atomic mass is 10.1. The molecule has 2 nitrogen and oxygen atoms in total. The number of hydrogen-bond acceptors (Lipinski definition) is 2. The van der Waals surface area contributed by atoms with Crippen molar-refractivity contribution in [3.63, 3.8) is 0 Å². The van der Waals surface area contributed by atoms with Crippen molar-refractivity contribution in [2.45, 2.75) is 19.5 Å². The third-order valence-electron chi connectivity index (χ3n) is 3.24. The fourth-order valence-corrected chi connectivity index (χ4v) is 2.96. The number of benzene rings is 1. The standard InChI is InChI=1S/C15H16N2S/c1-11(14-6-3-9-18-14)17-10-13-5-2-4-12-7-8-16-15(12)13/h2-9,11,16-17H,10H2,1H3/t11-/m1/s1. The maximum absolute atomic E-state index is 3.57. The lowest BCUT2D eigenvalue weighted by molar-refractivity contribution is 0.584. The van der Waals surface area contributed by atoms with E-state index in [1.54, 1.807) is 11.3 Å². The average Bonchev–Trinajstić information content (AvgIpc) is 3.05. The molecule has 0 aliphatic rings. The summed E-state index contributed by atoms with van der Waals surface area (Å²) >= 11 is 1.80. The molecule has 18 heavy (non-hydrogen) atoms. The van der Waals surface area contributed by atoms with E-state index in [-0.39, 0.29) is 0 Å². The smallest absolute Gasteiger partial charge is 0.0499 e. The van der Waals surface area contributed by atoms with Crippen LogP contribution < -0.4 is 5.32 Å². The Labute approximate surface area is 111 Å². The number of para-hydroxylation sites is 1. The minimum absolute atomic E-state index is 0.398. The highest BCUT2D eigenvalue weighted by atomic mass is 32.1. The van der Waals surface area contributed by atoms with Crippen molar-refractivity contribution in [2.75, 3.05) is 0 Å². The molecule has 0 saturated carbocycles. The molecule has 0 radical (unpaired) electrons. The molecule has 0 bridgehead atoms. The summed E-state index contributed by atoms with van der Waals surface area (Å²) in [7, 11) is 0. The second-order valence-corrected chi connectivity index (χ2v) is 5.46. The Hall–Kier alpha value is -1.58. The van der Waals surface area contributed by atoms with E-state index in [1.807, 2.05) is 6.20 Å². The predicted molar refractivity (Wildman–Crippen MR) is 77.9 cm³/mol. The van der Waals surface area contributed by atoms with Crippen LogP contribution in [0.25, 0.3) is 10.9 Å². The number of rotatable bonds is 4. The first-order valence-electron chi connectivity index (χ1n) is 6.16. The van der Waals surface area contributed by atoms with Gasteiger partial charge >= 0.3 is 0 Å². The normalized spacial score (nSPS) is 12.9. The van der Waals surface area contributed by atoms with Crippen LogP contribution in [-0.2, 0) is 6.54 Å². The van der Waals surface area contributed by atoms with Gasteiger partial charge in [0.1, 0.15) is 0 Å². The van der Waals surface area contributed by atoms with Crippen molar-refractivity contribution >= 4 is 22.2 Å². The minimum atomic E-state index is 0.398. The Morgan fingerprint density at radius 3 is 3.00 bits per heavy atom. The molecule has 2 heterocycles. The van der Waals surface area contributed by atoms with Crippen molar-refractivity contribution in [3.8, 4) is 0 Å². The molecule has 0 unspecified atom stereocenters. The molecule has 3 aromatic rings. The number of aromatic nitrogens is 1. The fraction of sp³-hybridized carbons (Fsp3) is 0.200. The van der Waals surface area contributed by atoms with Crippen molar-refractivity contribution in [2.24, 2.45) is 0 Å². The van der Waals surface area contributed by atoms with Gasteiger partial charge in [0.25, 0.3) is 0 Å². The number of hydrogen-bond donors (Lipinski definition) is 2. The summed E-state index contributed by atoms with van der Waals surface area (Å²) < 4.78 is 0. The first kappa shape index (κ1) is 11.5. The zero-order chi connectivity index (χ0) is 12.4. The molecule has 0 spiro atoms. The molecule has 0 fully saturated rings. The highest BCUT2D eigenvalue weighted by Crippen LogP contribution is 2.20. The first-order valence-corrected chi connectivity index (χ1v) is 7.04. The van der Waals surface area contributed by atoms with E-state index in [1.165, 1.54) is 21.3 Å². The summed E-state index contributed by atoms with van der Waals surface area (Å²) in [6, 6.07) is 13.2. The Morgan fingerprint density at radius 1 is 1.22 bits per heavy atom. The zero-order valence-corrected chi connectivity index (χ0v) is 11.1. The minimum Gasteiger partial charge on any atom is -0.361 e. The molecule has 2 N–H and O–H groups in total. The molecule has 2 aromatic heterocycles. The van der Waals surface area contributed by atoms with E-state index in [0.29, 0.717) is 6.04 Å². The van der Waals surface area contributed by atoms with Crippen LogP contribution in [0.15, 0.2) is 48.0 Å². The van der Waals surface area contributed by atoms with E-state index in [4.69, 9.17) is 0 Å². The molecule has 0 aliphatic carbocycles. The number of aromatic amines is 1. The van der Waals surface area contributed by atoms with Crippen LogP contribution in [0, 0.1) is 0 Å². The molecule has 92 valence electrons. The Morgan fingerprint density at radius 2 is 2.17 bits per heavy atom. The van der Waals surface area contributed by atoms with E-state index < -0.39 is 0 Å². The van der Waals surface area contributed by atoms with Gasteiger partial charge in [-0.25, -0.2) is 0 Å². The van der Waals surface area contributed by atoms with Crippen LogP contribution in [0.1, 0.15) is 23.4 Å². The van der Waals surface area contributed by atoms with Gasteiger partial charge in [0.2, 0.25) is 0 Å². The van der Waals surface area contributed by atoms with Crippen molar-refractivity contribution in [1.82, 2.24) is 10.3 Å². The van der Waals surface area contributed by atoms with Crippen LogP contribution in [0.2, 0.25) is 0 Å². The molecule has 3 heteroatoms. The predicted octanol–water partition coefficient (Wildman–Crippen LogP) is 4.08. The number of fused-ring (bicyclic) bond motifs is 1. The second kappa shape index (κ2) is 4.96. The SMILES string of the molecule is C[C@@H](NCc1cccc2cc[nH]c12)c1cccs1. The van der Waals surface area contributed by atoms with Gasteiger partial charge in [-0.1, -0.05) is 24.3 Å². The Bertz CT molecular complexity index is 625. The van der Waals surface area contributed by atoms with Gasteiger partial charge < -0.3 is 10.3 Å². The summed E-state index contributed by atoms with van der Waals surface area (Å²) in [6.45, 7) is 3.09. The lowest BCUT2D eigenvalue weighted by Crippen LogP contribution is -2.17. The quantitative estimate of drug-likeness (QED) is 0.723. The van der Waals surface area contributed by atoms with Crippen LogP contribution >= 0.6 is 11.3 Å². The summed E-state index contributed by atoms with van der Waals surface area (Å²) in [5.41, 5.74) is 2.56. The molecule has 0 amide bonds. The van der Waals surface area contributed by atoms with Gasteiger partial charge in [0, 0.05) is 29.2 Å². The maximum atomic E-state index is 3.57. The highest BCUT2D eigenvalue weighted by molar-refractivity contribution is 7.10. The third-order valence-corrected chi connectivity index (χ3v) is 4.30. The van der Waals surface area contributed by atoms with Crippen LogP contribution in [0.4, 0.5) is 0 Å². The van der Waals surface area contributed by atoms with Gasteiger partial charge in [0.05, 0.1) is 0 Å². The summed E-state index contributed by atoms with van der Waals surface area (Å²) in [4.78, 5) is 4.69. The van der Waals surface area contributed by atoms with Crippen molar-refractivity contribution < 1.29 is 0 Å². The zero-order valence-electron chi connectivity index (χ0n) is 10.3. The number of nitrogens with one attached hydrogen (secondary N) is 2. The second-order valence-electron chi connectivity index (χ2n) is 4.48. The van der Waals surface area contributed by atoms with Crippen LogP contribution in [0.3, 0.4) is 0 Å². The number of H-pyrrole nitrogens is 1. The third kappa shape index (κ3) is 2.19. The van der Waals surface area contributed by atoms with E-state index in [2.05, 4.69) is 59.0 Å². The summed E-state index contributed by atoms with van der Waals surface area (Å²) in [5.74, 6) is 0. The van der Waals surface area contributed by atoms with Gasteiger partial charge in [-0.15, -0.1) is 11.3 Å². The molecule has 0 saturated heterocycles. The maximum Gasteiger partial charge on any atom is 0.0499 e. The van der Waals surface area contributed by atoms with Gasteiger partial charge in [0.15, 0.2) is 0 Å². The van der Waals surface area contributed by atoms with Gasteiger partial charge in [-0.2, -0.15) is 0 Å². The van der Waals surface area contributed by atoms with Gasteiger partial charge in [-0.05, 0) is 35.4 Å². The molecule has 1 atom stereocenters. The first-order chi connectivity index (χ1) is 8.84. The molecule has 3 rings (SSSR count). The molecule has 0 aliphatic heterocycles. The van der Waals surface area contributed by atoms with Crippen LogP contribution in [0.5, 0.6) is 0 Å². The topological polar surface area (TPSA) is 27.8 Å². The molecular weight excluding hydrogens is 240 g/mol. The van der Waals surface area contributed by atoms with E-state index >= 15 is 0 Å². The number of thiophene rings is 1. The Balaban J connectivity index is 1.75. The van der Waals surface area contributed by atoms with Crippen molar-refractivity contribution in [3.05, 3.63) is 58.4 Å². The summed E-state index contributed by atoms with van der Waals surface area (Å²) in [5, 5.41) is 6.97. The monoisotopic (exact) mass is 256 g/mol. The average molecular weight is 256 g/mol. The van der Waals surface area contributed by atoms with E-state index in [9.17, 15) is 0 Å². The van der Waals surface area contributed by atoms with Gasteiger partial charge in [-0.3, -0.25) is 0 Å². The Kier molecular flexibility index (Phi) is 3.17. The van der Waals surface area contributed by atoms with Crippen molar-refractivity contribution in [1.29, 1.82) is 0 Å². The molecular formula is C15H16N2S. The lowest BCUT2D eigenvalue weighted by Gasteiger charge is -2.12. The fourth-order valence-electron chi connectivity index (χ4n) is 2.20. The van der Waals surface area contributed by atoms with Crippen LogP contribution in [-0.4, -0.2) is 4.98 Å².